The summed E-state index contributed by atoms with van der Waals surface area (Å²) in [5.41, 5.74) is 4.91. The van der Waals surface area contributed by atoms with E-state index in [1.165, 1.54) is 11.1 Å². The Morgan fingerprint density at radius 1 is 1.14 bits per heavy atom. The van der Waals surface area contributed by atoms with Gasteiger partial charge in [0.25, 0.3) is 0 Å². The topological polar surface area (TPSA) is 61.7 Å². The van der Waals surface area contributed by atoms with Gasteiger partial charge in [0.15, 0.2) is 0 Å². The molecule has 0 radical (unpaired) electrons. The highest BCUT2D eigenvalue weighted by molar-refractivity contribution is 7.91. The van der Waals surface area contributed by atoms with Crippen LogP contribution in [-0.4, -0.2) is 27.6 Å². The number of carbonyl (C=O) groups is 1. The van der Waals surface area contributed by atoms with Gasteiger partial charge in [-0.05, 0) is 63.8 Å². The Hall–Kier alpha value is -2.11. The molecule has 0 N–H and O–H groups in total. The summed E-state index contributed by atoms with van der Waals surface area (Å²) in [7, 11) is 0. The highest BCUT2D eigenvalue weighted by Gasteiger charge is 2.28. The third-order valence-corrected chi connectivity index (χ3v) is 5.68. The molecule has 0 amide bonds. The van der Waals surface area contributed by atoms with E-state index in [-0.39, 0.29) is 12.4 Å². The SMILES string of the molecule is CCOC(=O)CC(=N[S+]([O-])C(C)(C)C)c1cccc(Cc2ccccc2C)c1. The predicted octanol–water partition coefficient (Wildman–Crippen LogP) is 4.79. The number of benzene rings is 2. The minimum Gasteiger partial charge on any atom is -0.591 e. The second-order valence-corrected chi connectivity index (χ2v) is 9.59. The number of carbonyl (C=O) groups excluding carboxylic acids is 1. The highest BCUT2D eigenvalue weighted by atomic mass is 32.2. The van der Waals surface area contributed by atoms with Gasteiger partial charge in [-0.1, -0.05) is 46.9 Å². The van der Waals surface area contributed by atoms with Gasteiger partial charge in [-0.2, -0.15) is 0 Å². The average molecular weight is 400 g/mol. The molecule has 0 fully saturated rings. The summed E-state index contributed by atoms with van der Waals surface area (Å²) in [4.78, 5) is 12.1. The largest absolute Gasteiger partial charge is 0.591 e. The smallest absolute Gasteiger partial charge is 0.312 e. The van der Waals surface area contributed by atoms with Crippen molar-refractivity contribution in [1.29, 1.82) is 0 Å². The molecule has 0 saturated heterocycles. The summed E-state index contributed by atoms with van der Waals surface area (Å²) in [5.74, 6) is -0.364. The first-order valence-corrected chi connectivity index (χ1v) is 10.6. The summed E-state index contributed by atoms with van der Waals surface area (Å²) in [5, 5.41) is 0. The molecular weight excluding hydrogens is 370 g/mol. The number of esters is 1. The molecule has 28 heavy (non-hydrogen) atoms. The van der Waals surface area contributed by atoms with E-state index in [9.17, 15) is 9.35 Å². The van der Waals surface area contributed by atoms with Gasteiger partial charge in [0.2, 0.25) is 0 Å². The van der Waals surface area contributed by atoms with Gasteiger partial charge >= 0.3 is 5.97 Å². The second kappa shape index (κ2) is 9.89. The molecule has 150 valence electrons. The quantitative estimate of drug-likeness (QED) is 0.382. The molecule has 2 aromatic rings. The first kappa shape index (κ1) is 22.2. The lowest BCUT2D eigenvalue weighted by molar-refractivity contribution is -0.141. The zero-order valence-corrected chi connectivity index (χ0v) is 18.1. The maximum Gasteiger partial charge on any atom is 0.312 e. The molecule has 2 aromatic carbocycles. The van der Waals surface area contributed by atoms with E-state index < -0.39 is 16.1 Å². The van der Waals surface area contributed by atoms with Gasteiger partial charge in [0.1, 0.15) is 21.8 Å². The molecule has 0 aliphatic heterocycles. The Bertz CT molecular complexity index is 840. The Balaban J connectivity index is 2.35. The Labute approximate surface area is 171 Å². The monoisotopic (exact) mass is 399 g/mol. The van der Waals surface area contributed by atoms with Crippen molar-refractivity contribution in [3.05, 3.63) is 70.8 Å². The van der Waals surface area contributed by atoms with E-state index in [0.717, 1.165) is 17.5 Å². The third-order valence-electron chi connectivity index (χ3n) is 4.25. The maximum absolute atomic E-state index is 12.6. The number of aryl methyl sites for hydroxylation is 1. The molecule has 0 aromatic heterocycles. The van der Waals surface area contributed by atoms with Crippen LogP contribution in [0.15, 0.2) is 52.9 Å². The van der Waals surface area contributed by atoms with Gasteiger partial charge in [-0.25, -0.2) is 0 Å². The van der Waals surface area contributed by atoms with E-state index in [1.54, 1.807) is 6.92 Å². The normalized spacial score (nSPS) is 13.3. The predicted molar refractivity (Wildman–Crippen MR) is 116 cm³/mol. The van der Waals surface area contributed by atoms with Crippen molar-refractivity contribution in [2.45, 2.75) is 52.2 Å². The fourth-order valence-corrected chi connectivity index (χ4v) is 3.31. The summed E-state index contributed by atoms with van der Waals surface area (Å²) >= 11 is -1.46. The Kier molecular flexibility index (Phi) is 7.84. The van der Waals surface area contributed by atoms with Crippen LogP contribution in [0.4, 0.5) is 0 Å². The van der Waals surface area contributed by atoms with Crippen LogP contribution in [-0.2, 0) is 27.3 Å². The van der Waals surface area contributed by atoms with Crippen LogP contribution in [0.3, 0.4) is 0 Å². The molecule has 0 aliphatic rings. The van der Waals surface area contributed by atoms with Crippen LogP contribution in [0, 0.1) is 6.92 Å². The Morgan fingerprint density at radius 2 is 1.86 bits per heavy atom. The van der Waals surface area contributed by atoms with E-state index in [4.69, 9.17) is 4.74 Å². The number of hydrogen-bond donors (Lipinski definition) is 0. The molecular formula is C23H29NO3S. The fraction of sp³-hybridized carbons (Fsp3) is 0.391. The number of hydrogen-bond acceptors (Lipinski definition) is 4. The molecule has 4 nitrogen and oxygen atoms in total. The Morgan fingerprint density at radius 3 is 2.50 bits per heavy atom. The van der Waals surface area contributed by atoms with E-state index >= 15 is 0 Å². The van der Waals surface area contributed by atoms with Crippen LogP contribution in [0.2, 0.25) is 0 Å². The molecule has 0 bridgehead atoms. The molecule has 5 heteroatoms. The molecule has 0 heterocycles. The van der Waals surface area contributed by atoms with Crippen molar-refractivity contribution in [2.75, 3.05) is 6.61 Å². The fourth-order valence-electron chi connectivity index (χ4n) is 2.66. The second-order valence-electron chi connectivity index (χ2n) is 7.68. The van der Waals surface area contributed by atoms with E-state index in [2.05, 4.69) is 29.5 Å². The van der Waals surface area contributed by atoms with Crippen molar-refractivity contribution in [1.82, 2.24) is 0 Å². The van der Waals surface area contributed by atoms with Gasteiger partial charge < -0.3 is 9.29 Å². The molecule has 1 atom stereocenters. The van der Waals surface area contributed by atoms with Gasteiger partial charge in [-0.15, -0.1) is 0 Å². The standard InChI is InChI=1S/C23H29NO3S/c1-6-27-22(25)16-21(24-28(26)23(3,4)5)20-13-9-11-18(15-20)14-19-12-8-7-10-17(19)2/h7-13,15H,6,14,16H2,1-5H3. The third kappa shape index (κ3) is 6.50. The van der Waals surface area contributed by atoms with Crippen LogP contribution in [0.1, 0.15) is 56.4 Å². The highest BCUT2D eigenvalue weighted by Crippen LogP contribution is 2.21. The van der Waals surface area contributed by atoms with Crippen molar-refractivity contribution >= 4 is 23.0 Å². The van der Waals surface area contributed by atoms with Crippen molar-refractivity contribution in [3.63, 3.8) is 0 Å². The van der Waals surface area contributed by atoms with Crippen LogP contribution >= 0.6 is 0 Å². The van der Waals surface area contributed by atoms with Gasteiger partial charge in [0, 0.05) is 5.56 Å². The van der Waals surface area contributed by atoms with Crippen LogP contribution in [0.25, 0.3) is 0 Å². The zero-order valence-electron chi connectivity index (χ0n) is 17.3. The van der Waals surface area contributed by atoms with Crippen molar-refractivity contribution in [3.8, 4) is 0 Å². The lowest BCUT2D eigenvalue weighted by atomic mass is 9.97. The number of ether oxygens (including phenoxy) is 1. The van der Waals surface area contributed by atoms with E-state index in [0.29, 0.717) is 12.3 Å². The summed E-state index contributed by atoms with van der Waals surface area (Å²) in [6, 6.07) is 16.2. The summed E-state index contributed by atoms with van der Waals surface area (Å²) < 4.78 is 21.6. The molecule has 0 saturated carbocycles. The molecule has 0 aliphatic carbocycles. The molecule has 0 spiro atoms. The average Bonchev–Trinajstić information content (AvgIpc) is 2.63. The summed E-state index contributed by atoms with van der Waals surface area (Å²) in [6.45, 7) is 9.77. The first-order valence-electron chi connectivity index (χ1n) is 9.49. The van der Waals surface area contributed by atoms with E-state index in [1.807, 2.05) is 51.1 Å². The van der Waals surface area contributed by atoms with Crippen molar-refractivity contribution in [2.24, 2.45) is 4.40 Å². The zero-order chi connectivity index (χ0) is 20.7. The lowest BCUT2D eigenvalue weighted by Crippen LogP contribution is -2.27. The number of rotatable bonds is 7. The lowest BCUT2D eigenvalue weighted by Gasteiger charge is -2.19. The van der Waals surface area contributed by atoms with Gasteiger partial charge in [-0.3, -0.25) is 4.79 Å². The maximum atomic E-state index is 12.6. The van der Waals surface area contributed by atoms with Crippen LogP contribution < -0.4 is 0 Å². The number of nitrogens with zero attached hydrogens (tertiary/aromatic N) is 1. The summed E-state index contributed by atoms with van der Waals surface area (Å²) in [6.07, 6.45) is 0.791. The van der Waals surface area contributed by atoms with Gasteiger partial charge in [0.05, 0.1) is 13.0 Å². The van der Waals surface area contributed by atoms with Crippen molar-refractivity contribution < 1.29 is 14.1 Å². The molecule has 1 unspecified atom stereocenters. The first-order chi connectivity index (χ1) is 13.2. The minimum absolute atomic E-state index is 0.00345. The minimum atomic E-state index is -1.46. The molecule has 2 rings (SSSR count). The van der Waals surface area contributed by atoms with Crippen LogP contribution in [0.5, 0.6) is 0 Å².